The maximum Gasteiger partial charge on any atom is -0.000715 e. The summed E-state index contributed by atoms with van der Waals surface area (Å²) >= 11 is 0. The molecule has 0 aromatic rings. The Morgan fingerprint density at radius 3 is 0.661 bits per heavy atom. The zero-order valence-corrected chi connectivity index (χ0v) is 34.6. The normalized spacial score (nSPS) is 135. The fourth-order valence-corrected chi connectivity index (χ4v) is 65.6. The van der Waals surface area contributed by atoms with Crippen LogP contribution < -0.4 is 0 Å². The molecule has 44 unspecified atom stereocenters. The highest BCUT2D eigenvalue weighted by molar-refractivity contribution is 6.14. The average molecular weight is 787 g/mol. The van der Waals surface area contributed by atoms with Gasteiger partial charge in [0, 0.05) is 0 Å². The second-order valence-electron chi connectivity index (χ2n) is 39.1. The zero-order chi connectivity index (χ0) is 34.6. The van der Waals surface area contributed by atoms with E-state index in [4.69, 9.17) is 0 Å². The monoisotopic (exact) mass is 786 g/mol. The first-order chi connectivity index (χ1) is 30.9. The van der Waals surface area contributed by atoms with Gasteiger partial charge < -0.3 is 0 Å². The van der Waals surface area contributed by atoms with Gasteiger partial charge in [0.25, 0.3) is 0 Å². The minimum absolute atomic E-state index is 1.09. The first-order valence-electron chi connectivity index (χ1n) is 30.9. The third kappa shape index (κ3) is 0.499. The predicted octanol–water partition coefficient (Wildman–Crippen LogP) is 6.17. The lowest BCUT2D eigenvalue weighted by Crippen LogP contribution is -3.66. The van der Waals surface area contributed by atoms with Crippen LogP contribution in [0.2, 0.25) is 0 Å². The highest BCUT2D eigenvalue weighted by atomic mass is 15.7. The Kier molecular flexibility index (Phi) is 1.20. The molecule has 0 radical (unpaired) electrons. The van der Waals surface area contributed by atoms with E-state index in [1.165, 1.54) is 166 Å². The molecule has 0 N–H and O–H groups in total. The van der Waals surface area contributed by atoms with Crippen molar-refractivity contribution in [1.82, 2.24) is 0 Å². The Morgan fingerprint density at radius 2 is 0.371 bits per heavy atom. The number of rotatable bonds is 0. The molecular weight excluding hydrogens is 745 g/mol. The van der Waals surface area contributed by atoms with Crippen molar-refractivity contribution in [3.63, 3.8) is 0 Å². The van der Waals surface area contributed by atoms with Crippen molar-refractivity contribution in [2.45, 2.75) is 44.9 Å². The second-order valence-corrected chi connectivity index (χ2v) is 39.1. The van der Waals surface area contributed by atoms with Gasteiger partial charge in [-0.15, -0.1) is 0 Å². The minimum atomic E-state index is 1.09. The van der Waals surface area contributed by atoms with Crippen LogP contribution in [0.1, 0.15) is 44.9 Å². The lowest BCUT2D eigenvalue weighted by Gasteiger charge is -3.67. The van der Waals surface area contributed by atoms with Crippen molar-refractivity contribution in [2.75, 3.05) is 0 Å². The topological polar surface area (TPSA) is 0 Å². The van der Waals surface area contributed by atoms with E-state index in [0.29, 0.717) is 0 Å². The molecule has 0 bridgehead atoms. The molecular formula is C62H42. The summed E-state index contributed by atoms with van der Waals surface area (Å²) < 4.78 is 0. The van der Waals surface area contributed by atoms with Crippen LogP contribution in [0.25, 0.3) is 0 Å². The molecule has 290 valence electrons. The first-order valence-corrected chi connectivity index (χ1v) is 30.9. The molecule has 0 nitrogen and oxygen atoms in total. The summed E-state index contributed by atoms with van der Waals surface area (Å²) in [5, 5.41) is 0. The van der Waals surface area contributed by atoms with E-state index in [-0.39, 0.29) is 0 Å². The van der Waals surface area contributed by atoms with Crippen molar-refractivity contribution in [3.05, 3.63) is 0 Å². The van der Waals surface area contributed by atoms with E-state index in [0.717, 1.165) is 146 Å². The van der Waals surface area contributed by atoms with E-state index >= 15 is 0 Å². The van der Waals surface area contributed by atoms with Crippen molar-refractivity contribution in [3.8, 4) is 0 Å². The van der Waals surface area contributed by atoms with E-state index in [1.807, 2.05) is 12.8 Å². The van der Waals surface area contributed by atoms with Crippen molar-refractivity contribution >= 4 is 0 Å². The van der Waals surface area contributed by atoms with Crippen LogP contribution in [0.3, 0.4) is 0 Å². The van der Waals surface area contributed by atoms with Gasteiger partial charge in [0.2, 0.25) is 0 Å². The van der Waals surface area contributed by atoms with Gasteiger partial charge in [-0.25, -0.2) is 0 Å². The summed E-state index contributed by atoms with van der Waals surface area (Å²) in [6, 6.07) is 0. The number of fused-ring (bicyclic) bond motifs is 20. The SMILES string of the molecule is C1CCC2C3C4C5C(CC1)C1C6C7C8C9C%10C%11C%12C%13C%14CCC%15C%16C%17C%14C%13%14C%17%13C%16%17C%15C%15C%16C%18C%19C%20C%21C%22C2C32C43C51C61C74C85C96C%107C%118C%12%14C%139C%15%17C%16%10C%18%11C%19%12C%20%13C%21%14C%222C31C%144C%135C%126C%117C%1089. The summed E-state index contributed by atoms with van der Waals surface area (Å²) in [4.78, 5) is 0. The molecule has 42 aliphatic rings. The zero-order valence-electron chi connectivity index (χ0n) is 34.6. The molecule has 44 atom stereocenters. The van der Waals surface area contributed by atoms with Crippen LogP contribution in [0, 0.1) is 312 Å². The van der Waals surface area contributed by atoms with E-state index in [1.54, 1.807) is 32.1 Å². The molecule has 42 saturated carbocycles. The van der Waals surface area contributed by atoms with Crippen LogP contribution in [-0.4, -0.2) is 0 Å². The Morgan fingerprint density at radius 1 is 0.161 bits per heavy atom. The Hall–Kier alpha value is 0. The maximum absolute atomic E-state index is 1.81. The van der Waals surface area contributed by atoms with Crippen LogP contribution in [0.5, 0.6) is 0 Å². The molecule has 27 spiro atoms. The van der Waals surface area contributed by atoms with Gasteiger partial charge in [0.05, 0.1) is 0 Å². The molecule has 42 fully saturated rings. The van der Waals surface area contributed by atoms with Crippen LogP contribution in [0.15, 0.2) is 0 Å². The van der Waals surface area contributed by atoms with Gasteiger partial charge in [-0.1, -0.05) is 19.3 Å². The molecule has 0 aliphatic heterocycles. The highest BCUT2D eigenvalue weighted by Gasteiger charge is 3.70. The molecule has 42 aliphatic carbocycles. The lowest BCUT2D eigenvalue weighted by atomic mass is 8.35. The van der Waals surface area contributed by atoms with Gasteiger partial charge in [0.1, 0.15) is 0 Å². The van der Waals surface area contributed by atoms with E-state index in [2.05, 4.69) is 0 Å². The highest BCUT2D eigenvalue weighted by Crippen LogP contribution is 3.71. The fourth-order valence-electron chi connectivity index (χ4n) is 65.6. The third-order valence-electron chi connectivity index (χ3n) is 51.6. The minimum Gasteiger partial charge on any atom is -0.0533 e. The van der Waals surface area contributed by atoms with E-state index < -0.39 is 0 Å². The second kappa shape index (κ2) is 3.43. The summed E-state index contributed by atoms with van der Waals surface area (Å²) in [5.74, 6) is 39.0. The van der Waals surface area contributed by atoms with Crippen molar-refractivity contribution in [1.29, 1.82) is 0 Å². The molecule has 0 aromatic carbocycles. The molecule has 0 amide bonds. The predicted molar refractivity (Wildman–Crippen MR) is 196 cm³/mol. The Labute approximate surface area is 355 Å². The van der Waals surface area contributed by atoms with Gasteiger partial charge >= 0.3 is 0 Å². The third-order valence-corrected chi connectivity index (χ3v) is 51.6. The number of hydrogen-bond acceptors (Lipinski definition) is 0. The van der Waals surface area contributed by atoms with Gasteiger partial charge in [-0.05, 0) is 338 Å². The Balaban J connectivity index is 0.723. The fraction of sp³-hybridized carbons (Fsp3) is 1.00. The molecule has 0 aromatic heterocycles. The smallest absolute Gasteiger partial charge is 0.000715 e. The molecule has 0 heteroatoms. The summed E-state index contributed by atoms with van der Waals surface area (Å²) in [6.45, 7) is 0. The molecule has 0 heterocycles. The maximum atomic E-state index is 1.81. The van der Waals surface area contributed by atoms with Crippen LogP contribution >= 0.6 is 0 Å². The van der Waals surface area contributed by atoms with Gasteiger partial charge in [-0.3, -0.25) is 0 Å². The molecule has 0 saturated heterocycles. The quantitative estimate of drug-likeness (QED) is 0.276. The van der Waals surface area contributed by atoms with Gasteiger partial charge in [-0.2, -0.15) is 0 Å². The van der Waals surface area contributed by atoms with Gasteiger partial charge in [0.15, 0.2) is 0 Å². The van der Waals surface area contributed by atoms with Crippen molar-refractivity contribution < 1.29 is 0 Å². The van der Waals surface area contributed by atoms with E-state index in [9.17, 15) is 0 Å². The lowest BCUT2D eigenvalue weighted by molar-refractivity contribution is -1.23. The average Bonchev–Trinajstić information content (AvgIpc) is 3.15. The summed E-state index contributed by atoms with van der Waals surface area (Å²) in [6.07, 6.45) is 12.2. The molecule has 62 heavy (non-hydrogen) atoms. The van der Waals surface area contributed by atoms with Crippen LogP contribution in [0.4, 0.5) is 0 Å². The Bertz CT molecular complexity index is 3810. The largest absolute Gasteiger partial charge is 0.0533 e. The molecule has 42 rings (SSSR count). The summed E-state index contributed by atoms with van der Waals surface area (Å²) in [5.41, 5.74) is 30.3. The van der Waals surface area contributed by atoms with Crippen molar-refractivity contribution in [2.24, 2.45) is 312 Å². The standard InChI is InChI=1S/C62H42/c1-2-4-8-12-20-13-9(5-3-1)15-23-27-31-35-33-29-25-19-11-7-6-10-16-21-17(11)39(19)41(21)38(16)18(10)24-28-32-34-30-26-22-14(8)36(12)40(20)37(13,15)43(23)47(27)51(31)55(35)53(33)49(29)45(25,39)57(41)44(24,38)48(28)52(32)54(34)50(30)46(26)42(22,36)56(40,43)58(46,47)60(50,51)62(54,55)61(52,53)59(48,49)57/h8-35H,1-7H2. The number of hydrogen-bond donors (Lipinski definition) is 0. The van der Waals surface area contributed by atoms with Crippen LogP contribution in [-0.2, 0) is 0 Å². The first kappa shape index (κ1) is 21.7. The summed E-state index contributed by atoms with van der Waals surface area (Å²) in [7, 11) is 0.